The fourth-order valence-electron chi connectivity index (χ4n) is 1.94. The first-order chi connectivity index (χ1) is 11.2. The van der Waals surface area contributed by atoms with Crippen LogP contribution in [-0.4, -0.2) is 19.3 Å². The lowest BCUT2D eigenvalue weighted by Crippen LogP contribution is -2.14. The summed E-state index contributed by atoms with van der Waals surface area (Å²) in [5.41, 5.74) is 1.12. The molecule has 0 aromatic heterocycles. The lowest BCUT2D eigenvalue weighted by atomic mass is 10.1. The molecule has 9 heteroatoms. The Balaban J connectivity index is 2.14. The number of esters is 1. The van der Waals surface area contributed by atoms with Gasteiger partial charge >= 0.3 is 5.97 Å². The molecular weight excluding hydrogens is 336 g/mol. The van der Waals surface area contributed by atoms with Crippen molar-refractivity contribution in [1.29, 1.82) is 0 Å². The largest absolute Gasteiger partial charge is 0.457 e. The lowest BCUT2D eigenvalue weighted by Gasteiger charge is -2.08. The smallest absolute Gasteiger partial charge is 0.338 e. The molecule has 8 nitrogen and oxygen atoms in total. The van der Waals surface area contributed by atoms with E-state index in [-0.39, 0.29) is 22.8 Å². The van der Waals surface area contributed by atoms with Gasteiger partial charge in [0.2, 0.25) is 10.0 Å². The number of hydrogen-bond acceptors (Lipinski definition) is 6. The first-order valence-electron chi connectivity index (χ1n) is 6.72. The fraction of sp³-hybridized carbons (Fsp3) is 0.133. The molecule has 0 saturated carbocycles. The van der Waals surface area contributed by atoms with Crippen LogP contribution in [0.25, 0.3) is 0 Å². The van der Waals surface area contributed by atoms with Gasteiger partial charge in [-0.3, -0.25) is 10.1 Å². The molecule has 0 aliphatic rings. The van der Waals surface area contributed by atoms with E-state index in [1.807, 2.05) is 0 Å². The van der Waals surface area contributed by atoms with Crippen LogP contribution < -0.4 is 5.14 Å². The summed E-state index contributed by atoms with van der Waals surface area (Å²) in [6.45, 7) is 1.53. The summed E-state index contributed by atoms with van der Waals surface area (Å²) >= 11 is 0. The van der Waals surface area contributed by atoms with Crippen molar-refractivity contribution in [2.24, 2.45) is 5.14 Å². The minimum atomic E-state index is -3.93. The van der Waals surface area contributed by atoms with Crippen molar-refractivity contribution in [2.45, 2.75) is 18.4 Å². The zero-order chi connectivity index (χ0) is 17.9. The number of aryl methyl sites for hydroxylation is 1. The SMILES string of the molecule is Cc1ccc(S(N)(=O)=O)cc1C(=O)OCc1ccc([N+](=O)[O-])cc1. The summed E-state index contributed by atoms with van der Waals surface area (Å²) < 4.78 is 27.8. The predicted octanol–water partition coefficient (Wildman–Crippen LogP) is 1.91. The second-order valence-electron chi connectivity index (χ2n) is 5.02. The number of rotatable bonds is 5. The Labute approximate surface area is 138 Å². The molecule has 24 heavy (non-hydrogen) atoms. The molecule has 0 unspecified atom stereocenters. The Hall–Kier alpha value is -2.78. The van der Waals surface area contributed by atoms with Crippen molar-refractivity contribution in [3.63, 3.8) is 0 Å². The lowest BCUT2D eigenvalue weighted by molar-refractivity contribution is -0.384. The van der Waals surface area contributed by atoms with Gasteiger partial charge in [0.25, 0.3) is 5.69 Å². The highest BCUT2D eigenvalue weighted by molar-refractivity contribution is 7.89. The van der Waals surface area contributed by atoms with Crippen molar-refractivity contribution in [1.82, 2.24) is 0 Å². The number of non-ortho nitro benzene ring substituents is 1. The van der Waals surface area contributed by atoms with E-state index in [1.165, 1.54) is 36.4 Å². The van der Waals surface area contributed by atoms with Gasteiger partial charge in [0, 0.05) is 12.1 Å². The van der Waals surface area contributed by atoms with Crippen LogP contribution in [0.2, 0.25) is 0 Å². The van der Waals surface area contributed by atoms with E-state index in [9.17, 15) is 23.3 Å². The number of nitro groups is 1. The van der Waals surface area contributed by atoms with E-state index in [2.05, 4.69) is 0 Å². The highest BCUT2D eigenvalue weighted by Crippen LogP contribution is 2.17. The molecule has 0 amide bonds. The van der Waals surface area contributed by atoms with E-state index < -0.39 is 20.9 Å². The zero-order valence-corrected chi connectivity index (χ0v) is 13.4. The number of ether oxygens (including phenoxy) is 1. The van der Waals surface area contributed by atoms with Crippen molar-refractivity contribution in [3.05, 3.63) is 69.3 Å². The van der Waals surface area contributed by atoms with Gasteiger partial charge < -0.3 is 4.74 Å². The Morgan fingerprint density at radius 1 is 1.21 bits per heavy atom. The number of hydrogen-bond donors (Lipinski definition) is 1. The number of sulfonamides is 1. The quantitative estimate of drug-likeness (QED) is 0.498. The summed E-state index contributed by atoms with van der Waals surface area (Å²) in [6.07, 6.45) is 0. The number of benzene rings is 2. The van der Waals surface area contributed by atoms with Gasteiger partial charge in [0.1, 0.15) is 6.61 Å². The Kier molecular flexibility index (Phi) is 4.96. The summed E-state index contributed by atoms with van der Waals surface area (Å²) in [6, 6.07) is 9.47. The van der Waals surface area contributed by atoms with Crippen LogP contribution in [0, 0.1) is 17.0 Å². The topological polar surface area (TPSA) is 130 Å². The van der Waals surface area contributed by atoms with Crippen LogP contribution >= 0.6 is 0 Å². The Morgan fingerprint density at radius 3 is 2.38 bits per heavy atom. The number of primary sulfonamides is 1. The fourth-order valence-corrected chi connectivity index (χ4v) is 2.48. The van der Waals surface area contributed by atoms with E-state index in [0.29, 0.717) is 11.1 Å². The average Bonchev–Trinajstić information content (AvgIpc) is 2.52. The van der Waals surface area contributed by atoms with Crippen LogP contribution in [0.1, 0.15) is 21.5 Å². The van der Waals surface area contributed by atoms with Gasteiger partial charge in [-0.2, -0.15) is 0 Å². The zero-order valence-electron chi connectivity index (χ0n) is 12.6. The summed E-state index contributed by atoms with van der Waals surface area (Å²) in [5, 5.41) is 15.6. The van der Waals surface area contributed by atoms with Gasteiger partial charge in [-0.25, -0.2) is 18.4 Å². The number of nitro benzene ring substituents is 1. The van der Waals surface area contributed by atoms with Crippen molar-refractivity contribution < 1.29 is 22.9 Å². The van der Waals surface area contributed by atoms with Gasteiger partial charge in [-0.15, -0.1) is 0 Å². The third-order valence-corrected chi connectivity index (χ3v) is 4.19. The molecule has 0 aliphatic carbocycles. The minimum absolute atomic E-state index is 0.0678. The summed E-state index contributed by atoms with van der Waals surface area (Å²) in [4.78, 5) is 22.0. The minimum Gasteiger partial charge on any atom is -0.457 e. The molecule has 0 bridgehead atoms. The standard InChI is InChI=1S/C15H14N2O6S/c1-10-2-7-13(24(16,21)22)8-14(10)15(18)23-9-11-3-5-12(6-4-11)17(19)20/h2-8H,9H2,1H3,(H2,16,21,22). The van der Waals surface area contributed by atoms with E-state index in [4.69, 9.17) is 9.88 Å². The first kappa shape index (κ1) is 17.6. The molecule has 126 valence electrons. The number of carbonyl (C=O) groups excluding carboxylic acids is 1. The molecule has 0 aliphatic heterocycles. The van der Waals surface area contributed by atoms with Crippen LogP contribution in [0.4, 0.5) is 5.69 Å². The maximum atomic E-state index is 12.1. The summed E-state index contributed by atoms with van der Waals surface area (Å²) in [7, 11) is -3.93. The van der Waals surface area contributed by atoms with Crippen molar-refractivity contribution in [2.75, 3.05) is 0 Å². The third kappa shape index (κ3) is 4.15. The third-order valence-electron chi connectivity index (χ3n) is 3.27. The van der Waals surface area contributed by atoms with Crippen LogP contribution in [0.5, 0.6) is 0 Å². The molecule has 0 spiro atoms. The number of nitrogens with zero attached hydrogens (tertiary/aromatic N) is 1. The first-order valence-corrected chi connectivity index (χ1v) is 8.27. The van der Waals surface area contributed by atoms with Crippen LogP contribution in [-0.2, 0) is 21.4 Å². The van der Waals surface area contributed by atoms with E-state index >= 15 is 0 Å². The molecule has 0 saturated heterocycles. The predicted molar refractivity (Wildman–Crippen MR) is 84.8 cm³/mol. The van der Waals surface area contributed by atoms with Crippen molar-refractivity contribution >= 4 is 21.7 Å². The van der Waals surface area contributed by atoms with E-state index in [0.717, 1.165) is 6.07 Å². The van der Waals surface area contributed by atoms with Gasteiger partial charge in [0.15, 0.2) is 0 Å². The van der Waals surface area contributed by atoms with Gasteiger partial charge in [0.05, 0.1) is 15.4 Å². The monoisotopic (exact) mass is 350 g/mol. The number of carbonyl (C=O) groups is 1. The average molecular weight is 350 g/mol. The molecular formula is C15H14N2O6S. The van der Waals surface area contributed by atoms with Gasteiger partial charge in [-0.05, 0) is 42.3 Å². The molecule has 0 radical (unpaired) electrons. The van der Waals surface area contributed by atoms with E-state index in [1.54, 1.807) is 6.92 Å². The Morgan fingerprint density at radius 2 is 1.83 bits per heavy atom. The van der Waals surface area contributed by atoms with Gasteiger partial charge in [-0.1, -0.05) is 6.07 Å². The summed E-state index contributed by atoms with van der Waals surface area (Å²) in [5.74, 6) is -0.712. The molecule has 2 aromatic rings. The second kappa shape index (κ2) is 6.77. The molecule has 0 atom stereocenters. The van der Waals surface area contributed by atoms with Crippen LogP contribution in [0.3, 0.4) is 0 Å². The number of nitrogens with two attached hydrogens (primary N) is 1. The maximum Gasteiger partial charge on any atom is 0.338 e. The second-order valence-corrected chi connectivity index (χ2v) is 6.58. The van der Waals surface area contributed by atoms with Crippen molar-refractivity contribution in [3.8, 4) is 0 Å². The molecule has 2 N–H and O–H groups in total. The normalized spacial score (nSPS) is 11.1. The Bertz CT molecular complexity index is 891. The van der Waals surface area contributed by atoms with Crippen LogP contribution in [0.15, 0.2) is 47.4 Å². The highest BCUT2D eigenvalue weighted by atomic mass is 32.2. The molecule has 0 fully saturated rings. The maximum absolute atomic E-state index is 12.1. The molecule has 2 aromatic carbocycles. The molecule has 2 rings (SSSR count). The highest BCUT2D eigenvalue weighted by Gasteiger charge is 2.16. The molecule has 0 heterocycles.